The molecule has 11 rings (SSSR count). The summed E-state index contributed by atoms with van der Waals surface area (Å²) in [6.45, 7) is 0. The Morgan fingerprint density at radius 3 is 1.69 bits per heavy atom. The minimum absolute atomic E-state index is 0.820. The molecule has 0 aliphatic carbocycles. The zero-order valence-electron chi connectivity index (χ0n) is 29.2. The standard InChI is InChI=1S/C50H32N2O2/c1-3-16-34(17-4-1)51(35-18-5-2-6-19-35)44-26-13-24-41-49-43(25-14-28-48(49)54-50(41)44)52(36-29-30-47-42(32-36)40-23-11-12-27-46(40)53-47)45-31-33-15-7-8-20-37(33)38-21-9-10-22-39(38)45/h1-32H. The van der Waals surface area contributed by atoms with Crippen LogP contribution in [0.2, 0.25) is 0 Å². The predicted molar refractivity (Wildman–Crippen MR) is 225 cm³/mol. The minimum atomic E-state index is 0.820. The summed E-state index contributed by atoms with van der Waals surface area (Å²) in [7, 11) is 0. The lowest BCUT2D eigenvalue weighted by molar-refractivity contribution is 0.668. The first kappa shape index (κ1) is 30.3. The number of anilines is 6. The van der Waals surface area contributed by atoms with Gasteiger partial charge in [-0.15, -0.1) is 0 Å². The van der Waals surface area contributed by atoms with Crippen LogP contribution in [0.3, 0.4) is 0 Å². The van der Waals surface area contributed by atoms with Gasteiger partial charge < -0.3 is 18.6 Å². The summed E-state index contributed by atoms with van der Waals surface area (Å²) in [5.74, 6) is 0. The Hall–Kier alpha value is -7.30. The van der Waals surface area contributed by atoms with Crippen LogP contribution in [-0.4, -0.2) is 0 Å². The molecule has 0 spiro atoms. The third-order valence-corrected chi connectivity index (χ3v) is 10.6. The van der Waals surface area contributed by atoms with Crippen LogP contribution in [-0.2, 0) is 0 Å². The van der Waals surface area contributed by atoms with Crippen molar-refractivity contribution in [3.8, 4) is 0 Å². The number of fused-ring (bicyclic) bond motifs is 9. The van der Waals surface area contributed by atoms with Crippen LogP contribution in [0.15, 0.2) is 203 Å². The Morgan fingerprint density at radius 1 is 0.296 bits per heavy atom. The predicted octanol–water partition coefficient (Wildman–Crippen LogP) is 14.7. The molecule has 0 aliphatic heterocycles. The lowest BCUT2D eigenvalue weighted by Gasteiger charge is -2.28. The summed E-state index contributed by atoms with van der Waals surface area (Å²) >= 11 is 0. The van der Waals surface area contributed by atoms with Crippen molar-refractivity contribution in [3.05, 3.63) is 194 Å². The number of hydrogen-bond donors (Lipinski definition) is 0. The average molecular weight is 693 g/mol. The van der Waals surface area contributed by atoms with Crippen molar-refractivity contribution in [2.45, 2.75) is 0 Å². The fourth-order valence-corrected chi connectivity index (χ4v) is 8.24. The van der Waals surface area contributed by atoms with Crippen LogP contribution in [0.4, 0.5) is 34.1 Å². The van der Waals surface area contributed by atoms with E-state index in [1.807, 2.05) is 12.1 Å². The average Bonchev–Trinajstić information content (AvgIpc) is 3.81. The van der Waals surface area contributed by atoms with Gasteiger partial charge in [-0.25, -0.2) is 0 Å². The molecule has 2 aromatic heterocycles. The molecule has 2 heterocycles. The van der Waals surface area contributed by atoms with Crippen LogP contribution in [0.1, 0.15) is 0 Å². The zero-order valence-corrected chi connectivity index (χ0v) is 29.2. The Labute approximate surface area is 311 Å². The highest BCUT2D eigenvalue weighted by molar-refractivity contribution is 6.20. The lowest BCUT2D eigenvalue weighted by atomic mass is 9.98. The van der Waals surface area contributed by atoms with Gasteiger partial charge in [0.15, 0.2) is 5.58 Å². The van der Waals surface area contributed by atoms with Gasteiger partial charge in [-0.3, -0.25) is 0 Å². The first-order chi connectivity index (χ1) is 26.8. The number of rotatable bonds is 6. The van der Waals surface area contributed by atoms with E-state index in [1.54, 1.807) is 0 Å². The zero-order chi connectivity index (χ0) is 35.6. The highest BCUT2D eigenvalue weighted by Crippen LogP contribution is 2.49. The van der Waals surface area contributed by atoms with Crippen molar-refractivity contribution in [2.75, 3.05) is 9.80 Å². The van der Waals surface area contributed by atoms with Crippen molar-refractivity contribution in [2.24, 2.45) is 0 Å². The molecule has 0 saturated carbocycles. The fraction of sp³-hybridized carbons (Fsp3) is 0. The van der Waals surface area contributed by atoms with Gasteiger partial charge in [-0.2, -0.15) is 0 Å². The number of furan rings is 2. The van der Waals surface area contributed by atoms with E-state index in [0.29, 0.717) is 0 Å². The first-order valence-corrected chi connectivity index (χ1v) is 18.3. The molecule has 9 aromatic carbocycles. The maximum atomic E-state index is 6.96. The second-order valence-electron chi connectivity index (χ2n) is 13.7. The molecule has 0 saturated heterocycles. The highest BCUT2D eigenvalue weighted by atomic mass is 16.3. The molecule has 0 unspecified atom stereocenters. The van der Waals surface area contributed by atoms with E-state index < -0.39 is 0 Å². The summed E-state index contributed by atoms with van der Waals surface area (Å²) in [6.07, 6.45) is 0. The summed E-state index contributed by atoms with van der Waals surface area (Å²) in [5, 5.41) is 9.04. The molecule has 254 valence electrons. The second kappa shape index (κ2) is 12.1. The largest absolute Gasteiger partial charge is 0.456 e. The third-order valence-electron chi connectivity index (χ3n) is 10.6. The van der Waals surface area contributed by atoms with Gasteiger partial charge in [-0.05, 0) is 89.0 Å². The van der Waals surface area contributed by atoms with Crippen LogP contribution < -0.4 is 9.80 Å². The molecule has 0 aliphatic rings. The molecule has 0 N–H and O–H groups in total. The monoisotopic (exact) mass is 692 g/mol. The molecule has 11 aromatic rings. The van der Waals surface area contributed by atoms with Gasteiger partial charge >= 0.3 is 0 Å². The summed E-state index contributed by atoms with van der Waals surface area (Å²) < 4.78 is 13.3. The molecule has 0 amide bonds. The van der Waals surface area contributed by atoms with Crippen molar-refractivity contribution < 1.29 is 8.83 Å². The SMILES string of the molecule is c1ccc(N(c2ccccc2)c2cccc3c2oc2cccc(N(c4ccc5oc6ccccc6c5c4)c4cc5ccccc5c5ccccc45)c23)cc1. The summed E-state index contributed by atoms with van der Waals surface area (Å²) in [5.41, 5.74) is 9.62. The molecular weight excluding hydrogens is 661 g/mol. The van der Waals surface area contributed by atoms with E-state index in [1.165, 1.54) is 16.2 Å². The second-order valence-corrected chi connectivity index (χ2v) is 13.7. The normalized spacial score (nSPS) is 11.7. The minimum Gasteiger partial charge on any atom is -0.456 e. The number of para-hydroxylation sites is 4. The van der Waals surface area contributed by atoms with Crippen LogP contribution >= 0.6 is 0 Å². The molecule has 4 nitrogen and oxygen atoms in total. The van der Waals surface area contributed by atoms with Crippen molar-refractivity contribution in [3.63, 3.8) is 0 Å². The van der Waals surface area contributed by atoms with Gasteiger partial charge in [0, 0.05) is 38.6 Å². The van der Waals surface area contributed by atoms with Gasteiger partial charge in [0.25, 0.3) is 0 Å². The lowest BCUT2D eigenvalue weighted by Crippen LogP contribution is -2.11. The van der Waals surface area contributed by atoms with Gasteiger partial charge in [-0.1, -0.05) is 121 Å². The smallest absolute Gasteiger partial charge is 0.159 e. The van der Waals surface area contributed by atoms with E-state index >= 15 is 0 Å². The van der Waals surface area contributed by atoms with Crippen LogP contribution in [0.5, 0.6) is 0 Å². The Balaban J connectivity index is 1.22. The van der Waals surface area contributed by atoms with Crippen molar-refractivity contribution in [1.29, 1.82) is 0 Å². The van der Waals surface area contributed by atoms with Gasteiger partial charge in [0.1, 0.15) is 16.7 Å². The van der Waals surface area contributed by atoms with E-state index in [0.717, 1.165) is 83.4 Å². The summed E-state index contributed by atoms with van der Waals surface area (Å²) in [4.78, 5) is 4.68. The number of nitrogens with zero attached hydrogens (tertiary/aromatic N) is 2. The molecule has 0 fully saturated rings. The molecule has 4 heteroatoms. The summed E-state index contributed by atoms with van der Waals surface area (Å²) in [6, 6.07) is 68.4. The molecule has 0 bridgehead atoms. The molecular formula is C50H32N2O2. The fourth-order valence-electron chi connectivity index (χ4n) is 8.24. The maximum Gasteiger partial charge on any atom is 0.159 e. The quantitative estimate of drug-likeness (QED) is 0.162. The Bertz CT molecular complexity index is 3140. The van der Waals surface area contributed by atoms with E-state index in [9.17, 15) is 0 Å². The first-order valence-electron chi connectivity index (χ1n) is 18.3. The van der Waals surface area contributed by atoms with E-state index in [4.69, 9.17) is 8.83 Å². The number of benzene rings is 9. The van der Waals surface area contributed by atoms with Crippen molar-refractivity contribution in [1.82, 2.24) is 0 Å². The maximum absolute atomic E-state index is 6.96. The molecule has 0 atom stereocenters. The van der Waals surface area contributed by atoms with Crippen LogP contribution in [0.25, 0.3) is 65.4 Å². The topological polar surface area (TPSA) is 32.8 Å². The Kier molecular flexibility index (Phi) is 6.82. The van der Waals surface area contributed by atoms with E-state index in [2.05, 4.69) is 192 Å². The van der Waals surface area contributed by atoms with Crippen LogP contribution in [0, 0.1) is 0 Å². The number of hydrogen-bond acceptors (Lipinski definition) is 4. The molecule has 0 radical (unpaired) electrons. The third kappa shape index (κ3) is 4.70. The van der Waals surface area contributed by atoms with Gasteiger partial charge in [0.2, 0.25) is 0 Å². The molecule has 54 heavy (non-hydrogen) atoms. The van der Waals surface area contributed by atoms with Gasteiger partial charge in [0.05, 0.1) is 22.4 Å². The van der Waals surface area contributed by atoms with E-state index in [-0.39, 0.29) is 0 Å². The highest BCUT2D eigenvalue weighted by Gasteiger charge is 2.25. The van der Waals surface area contributed by atoms with Crippen molar-refractivity contribution >= 4 is 99.5 Å². The Morgan fingerprint density at radius 2 is 0.889 bits per heavy atom.